The third-order valence-electron chi connectivity index (χ3n) is 7.16. The number of imidazole rings is 1. The summed E-state index contributed by atoms with van der Waals surface area (Å²) in [6, 6.07) is 31.2. The minimum Gasteiger partial charge on any atom is -0.488 e. The van der Waals surface area contributed by atoms with Crippen LogP contribution in [0.15, 0.2) is 122 Å². The van der Waals surface area contributed by atoms with Crippen molar-refractivity contribution in [3.8, 4) is 0 Å². The highest BCUT2D eigenvalue weighted by Gasteiger charge is 2.41. The van der Waals surface area contributed by atoms with E-state index in [0.717, 1.165) is 22.8 Å². The number of rotatable bonds is 7. The minimum absolute atomic E-state index is 0.0132. The molecule has 0 radical (unpaired) electrons. The van der Waals surface area contributed by atoms with Gasteiger partial charge in [0.1, 0.15) is 18.4 Å². The molecular weight excluding hydrogens is 458 g/mol. The highest BCUT2D eigenvalue weighted by atomic mass is 16.5. The third-order valence-corrected chi connectivity index (χ3v) is 7.16. The first-order valence-electron chi connectivity index (χ1n) is 12.6. The maximum Gasteiger partial charge on any atom is 0.160 e. The lowest BCUT2D eigenvalue weighted by Gasteiger charge is -2.44. The van der Waals surface area contributed by atoms with Gasteiger partial charge in [-0.2, -0.15) is 0 Å². The molecular formula is C32H29N3O2. The third kappa shape index (κ3) is 4.28. The summed E-state index contributed by atoms with van der Waals surface area (Å²) in [7, 11) is 0. The van der Waals surface area contributed by atoms with Gasteiger partial charge in [0.25, 0.3) is 0 Å². The number of benzene rings is 3. The molecule has 1 N–H and O–H groups in total. The summed E-state index contributed by atoms with van der Waals surface area (Å²) in [5.74, 6) is 1.36. The Bertz CT molecular complexity index is 1400. The Labute approximate surface area is 217 Å². The molecule has 37 heavy (non-hydrogen) atoms. The zero-order chi connectivity index (χ0) is 25.2. The Morgan fingerprint density at radius 3 is 2.19 bits per heavy atom. The molecule has 0 saturated carbocycles. The number of ether oxygens (including phenoxy) is 1. The summed E-state index contributed by atoms with van der Waals surface area (Å²) in [5, 5.41) is 11.1. The Morgan fingerprint density at radius 1 is 0.946 bits per heavy atom. The van der Waals surface area contributed by atoms with Gasteiger partial charge >= 0.3 is 0 Å². The lowest BCUT2D eigenvalue weighted by Crippen LogP contribution is -2.46. The monoisotopic (exact) mass is 487 g/mol. The van der Waals surface area contributed by atoms with Crippen molar-refractivity contribution in [3.05, 3.63) is 150 Å². The Balaban J connectivity index is 1.50. The molecule has 0 aliphatic carbocycles. The van der Waals surface area contributed by atoms with E-state index in [1.54, 1.807) is 6.08 Å². The molecule has 2 aliphatic heterocycles. The molecule has 2 aliphatic rings. The van der Waals surface area contributed by atoms with Crippen molar-refractivity contribution in [2.45, 2.75) is 31.2 Å². The summed E-state index contributed by atoms with van der Waals surface area (Å²) < 4.78 is 8.54. The first-order valence-corrected chi connectivity index (χ1v) is 12.6. The van der Waals surface area contributed by atoms with Gasteiger partial charge in [-0.05, 0) is 28.8 Å². The second-order valence-corrected chi connectivity index (χ2v) is 9.37. The summed E-state index contributed by atoms with van der Waals surface area (Å²) in [6.45, 7) is 5.10. The van der Waals surface area contributed by atoms with Crippen LogP contribution in [0.25, 0.3) is 11.8 Å². The fourth-order valence-corrected chi connectivity index (χ4v) is 5.43. The van der Waals surface area contributed by atoms with Crippen LogP contribution in [0.1, 0.15) is 34.1 Å². The molecule has 0 fully saturated rings. The Kier molecular flexibility index (Phi) is 6.21. The van der Waals surface area contributed by atoms with E-state index >= 15 is 0 Å². The first-order chi connectivity index (χ1) is 18.2. The van der Waals surface area contributed by atoms with Gasteiger partial charge in [0.2, 0.25) is 0 Å². The average Bonchev–Trinajstić information content (AvgIpc) is 3.37. The molecule has 0 saturated heterocycles. The molecule has 5 nitrogen and oxygen atoms in total. The fourth-order valence-electron chi connectivity index (χ4n) is 5.43. The van der Waals surface area contributed by atoms with Crippen LogP contribution in [0.2, 0.25) is 0 Å². The predicted octanol–water partition coefficient (Wildman–Crippen LogP) is 5.82. The van der Waals surface area contributed by atoms with E-state index in [9.17, 15) is 5.11 Å². The van der Waals surface area contributed by atoms with Gasteiger partial charge in [0.05, 0.1) is 17.9 Å². The largest absolute Gasteiger partial charge is 0.488 e. The van der Waals surface area contributed by atoms with Crippen LogP contribution in [0.5, 0.6) is 0 Å². The van der Waals surface area contributed by atoms with Crippen LogP contribution < -0.4 is 0 Å². The maximum absolute atomic E-state index is 11.1. The van der Waals surface area contributed by atoms with Crippen molar-refractivity contribution >= 4 is 11.8 Å². The zero-order valence-corrected chi connectivity index (χ0v) is 20.5. The molecule has 1 aromatic heterocycles. The number of fused-ring (bicyclic) bond motifs is 3. The van der Waals surface area contributed by atoms with E-state index in [2.05, 4.69) is 64.6 Å². The van der Waals surface area contributed by atoms with Gasteiger partial charge in [-0.25, -0.2) is 4.98 Å². The van der Waals surface area contributed by atoms with E-state index in [-0.39, 0.29) is 12.0 Å². The summed E-state index contributed by atoms with van der Waals surface area (Å²) >= 11 is 0. The quantitative estimate of drug-likeness (QED) is 0.357. The summed E-state index contributed by atoms with van der Waals surface area (Å²) in [6.07, 6.45) is 6.61. The topological polar surface area (TPSA) is 50.5 Å². The number of hydrogen-bond acceptors (Lipinski definition) is 4. The van der Waals surface area contributed by atoms with Crippen LogP contribution >= 0.6 is 0 Å². The van der Waals surface area contributed by atoms with Gasteiger partial charge < -0.3 is 19.3 Å². The normalized spacial score (nSPS) is 18.5. The van der Waals surface area contributed by atoms with Gasteiger partial charge in [-0.3, -0.25) is 0 Å². The van der Waals surface area contributed by atoms with Crippen LogP contribution in [0.3, 0.4) is 0 Å². The van der Waals surface area contributed by atoms with E-state index in [1.807, 2.05) is 60.9 Å². The molecule has 0 bridgehead atoms. The maximum atomic E-state index is 11.1. The van der Waals surface area contributed by atoms with E-state index < -0.39 is 6.10 Å². The van der Waals surface area contributed by atoms with Crippen molar-refractivity contribution in [1.29, 1.82) is 0 Å². The molecule has 6 rings (SSSR count). The molecule has 3 aromatic carbocycles. The van der Waals surface area contributed by atoms with E-state index in [1.165, 1.54) is 11.1 Å². The van der Waals surface area contributed by atoms with Crippen LogP contribution in [0, 0.1) is 0 Å². The summed E-state index contributed by atoms with van der Waals surface area (Å²) in [5.41, 5.74) is 5.24. The lowest BCUT2D eigenvalue weighted by molar-refractivity contribution is 0.107. The van der Waals surface area contributed by atoms with Crippen molar-refractivity contribution in [3.63, 3.8) is 0 Å². The molecule has 1 unspecified atom stereocenters. The van der Waals surface area contributed by atoms with Gasteiger partial charge in [0.15, 0.2) is 11.6 Å². The van der Waals surface area contributed by atoms with Gasteiger partial charge in [0, 0.05) is 18.7 Å². The molecule has 4 aromatic rings. The Morgan fingerprint density at radius 2 is 1.57 bits per heavy atom. The van der Waals surface area contributed by atoms with Crippen LogP contribution in [-0.2, 0) is 17.9 Å². The van der Waals surface area contributed by atoms with Crippen molar-refractivity contribution in [1.82, 2.24) is 14.5 Å². The zero-order valence-electron chi connectivity index (χ0n) is 20.5. The number of aliphatic hydroxyl groups is 1. The Hall–Kier alpha value is -4.35. The molecule has 184 valence electrons. The number of aromatic nitrogens is 2. The van der Waals surface area contributed by atoms with Crippen LogP contribution in [-0.4, -0.2) is 31.7 Å². The summed E-state index contributed by atoms with van der Waals surface area (Å²) in [4.78, 5) is 7.00. The molecule has 3 heterocycles. The van der Waals surface area contributed by atoms with Crippen molar-refractivity contribution < 1.29 is 9.84 Å². The number of nitrogens with zero attached hydrogens (tertiary/aromatic N) is 3. The SMILES string of the molecule is C=Cc1cnc2n1C[C@H](C(c1ccccc1)c1ccccc1)N1C=CC(O)C(OCc3ccccc3)=C21. The second kappa shape index (κ2) is 9.96. The lowest BCUT2D eigenvalue weighted by atomic mass is 9.82. The molecule has 0 spiro atoms. The first kappa shape index (κ1) is 23.1. The highest BCUT2D eigenvalue weighted by molar-refractivity contribution is 5.68. The van der Waals surface area contributed by atoms with E-state index in [0.29, 0.717) is 18.9 Å². The van der Waals surface area contributed by atoms with Gasteiger partial charge in [-0.1, -0.05) is 97.6 Å². The van der Waals surface area contributed by atoms with Crippen molar-refractivity contribution in [2.24, 2.45) is 0 Å². The number of hydrogen-bond donors (Lipinski definition) is 1. The number of aliphatic hydroxyl groups excluding tert-OH is 1. The second-order valence-electron chi connectivity index (χ2n) is 9.37. The van der Waals surface area contributed by atoms with Crippen molar-refractivity contribution in [2.75, 3.05) is 0 Å². The molecule has 5 heteroatoms. The smallest absolute Gasteiger partial charge is 0.160 e. The van der Waals surface area contributed by atoms with Crippen LogP contribution in [0.4, 0.5) is 0 Å². The predicted molar refractivity (Wildman–Crippen MR) is 146 cm³/mol. The fraction of sp³-hybridized carbons (Fsp3) is 0.156. The average molecular weight is 488 g/mol. The van der Waals surface area contributed by atoms with Gasteiger partial charge in [-0.15, -0.1) is 0 Å². The molecule has 2 atom stereocenters. The minimum atomic E-state index is -0.863. The molecule has 0 amide bonds. The standard InChI is InChI=1S/C32H29N3O2/c1-2-26-20-33-32-30-31(37-22-23-12-6-3-7-13-23)28(36)18-19-34(30)27(21-35(26)32)29(24-14-8-4-9-15-24)25-16-10-5-11-17-25/h2-20,27-29,36H,1,21-22H2/t27-,28?/m1/s1. The van der Waals surface area contributed by atoms with E-state index in [4.69, 9.17) is 9.72 Å². The highest BCUT2D eigenvalue weighted by Crippen LogP contribution is 2.42.